The number of carbonyl (C=O) groups excluding carboxylic acids is 1. The van der Waals surface area contributed by atoms with Gasteiger partial charge in [-0.25, -0.2) is 9.52 Å². The van der Waals surface area contributed by atoms with E-state index in [1.54, 1.807) is 6.92 Å². The quantitative estimate of drug-likeness (QED) is 0.753. The summed E-state index contributed by atoms with van der Waals surface area (Å²) in [4.78, 5) is 11.2. The molecule has 1 saturated carbocycles. The van der Waals surface area contributed by atoms with Gasteiger partial charge < -0.3 is 4.74 Å². The van der Waals surface area contributed by atoms with Crippen molar-refractivity contribution < 1.29 is 17.9 Å². The van der Waals surface area contributed by atoms with Crippen LogP contribution in [0.4, 0.5) is 4.79 Å². The number of hydrogen-bond acceptors (Lipinski definition) is 4. The highest BCUT2D eigenvalue weighted by atomic mass is 35.5. The second-order valence-electron chi connectivity index (χ2n) is 4.07. The molecule has 0 bridgehead atoms. The molecule has 6 nitrogen and oxygen atoms in total. The van der Waals surface area contributed by atoms with E-state index in [0.29, 0.717) is 0 Å². The third-order valence-corrected chi connectivity index (χ3v) is 4.53. The summed E-state index contributed by atoms with van der Waals surface area (Å²) in [5.74, 6) is 0.195. The molecule has 0 radical (unpaired) electrons. The van der Waals surface area contributed by atoms with Crippen LogP contribution in [0, 0.1) is 0 Å². The lowest BCUT2D eigenvalue weighted by molar-refractivity contribution is 0.157. The highest BCUT2D eigenvalue weighted by Gasteiger charge is 2.32. The molecule has 0 saturated heterocycles. The third kappa shape index (κ3) is 4.29. The van der Waals surface area contributed by atoms with Crippen molar-refractivity contribution in [2.45, 2.75) is 38.6 Å². The first-order valence-electron chi connectivity index (χ1n) is 6.03. The largest absolute Gasteiger partial charge is 0.449 e. The van der Waals surface area contributed by atoms with Gasteiger partial charge in [-0.3, -0.25) is 0 Å². The molecular formula is C10H19ClN2O4S. The lowest BCUT2D eigenvalue weighted by Crippen LogP contribution is -2.48. The highest BCUT2D eigenvalue weighted by molar-refractivity contribution is 7.87. The second-order valence-corrected chi connectivity index (χ2v) is 6.07. The Morgan fingerprint density at radius 3 is 2.56 bits per heavy atom. The van der Waals surface area contributed by atoms with Gasteiger partial charge in [0.2, 0.25) is 0 Å². The molecule has 0 aromatic carbocycles. The fraction of sp³-hybridized carbons (Fsp3) is 0.900. The molecular weight excluding hydrogens is 280 g/mol. The highest BCUT2D eigenvalue weighted by Crippen LogP contribution is 2.25. The van der Waals surface area contributed by atoms with Gasteiger partial charge in [-0.05, 0) is 19.8 Å². The van der Waals surface area contributed by atoms with Crippen LogP contribution < -0.4 is 4.72 Å². The number of halogens is 1. The number of ether oxygens (including phenoxy) is 1. The van der Waals surface area contributed by atoms with Crippen molar-refractivity contribution in [3.05, 3.63) is 0 Å². The minimum atomic E-state index is -3.87. The van der Waals surface area contributed by atoms with Crippen LogP contribution in [-0.4, -0.2) is 43.9 Å². The minimum Gasteiger partial charge on any atom is -0.449 e. The van der Waals surface area contributed by atoms with Gasteiger partial charge in [-0.15, -0.1) is 11.6 Å². The fourth-order valence-electron chi connectivity index (χ4n) is 2.10. The molecule has 1 rings (SSSR count). The normalized spacial score (nSPS) is 17.1. The topological polar surface area (TPSA) is 75.7 Å². The summed E-state index contributed by atoms with van der Waals surface area (Å²) in [6.07, 6.45) is 2.66. The summed E-state index contributed by atoms with van der Waals surface area (Å²) in [7, 11) is -3.87. The Balaban J connectivity index is 2.72. The first-order valence-corrected chi connectivity index (χ1v) is 8.01. The maximum absolute atomic E-state index is 12.0. The van der Waals surface area contributed by atoms with E-state index in [4.69, 9.17) is 11.6 Å². The molecule has 106 valence electrons. The maximum atomic E-state index is 12.0. The number of amides is 1. The minimum absolute atomic E-state index is 0.0734. The average Bonchev–Trinajstić information content (AvgIpc) is 2.78. The molecule has 0 aliphatic heterocycles. The molecule has 1 fully saturated rings. The zero-order valence-electron chi connectivity index (χ0n) is 10.4. The number of nitrogens with one attached hydrogen (secondary N) is 1. The zero-order chi connectivity index (χ0) is 13.6. The monoisotopic (exact) mass is 298 g/mol. The molecule has 1 aliphatic rings. The molecule has 0 heterocycles. The average molecular weight is 299 g/mol. The Morgan fingerprint density at radius 1 is 1.44 bits per heavy atom. The van der Waals surface area contributed by atoms with E-state index in [2.05, 4.69) is 4.74 Å². The predicted molar refractivity (Wildman–Crippen MR) is 68.8 cm³/mol. The molecule has 0 spiro atoms. The lowest BCUT2D eigenvalue weighted by Gasteiger charge is -2.26. The maximum Gasteiger partial charge on any atom is 0.421 e. The van der Waals surface area contributed by atoms with Crippen molar-refractivity contribution in [3.8, 4) is 0 Å². The zero-order valence-corrected chi connectivity index (χ0v) is 12.0. The van der Waals surface area contributed by atoms with Gasteiger partial charge in [0, 0.05) is 18.5 Å². The number of carbonyl (C=O) groups is 1. The molecule has 0 aromatic heterocycles. The van der Waals surface area contributed by atoms with Gasteiger partial charge in [0.25, 0.3) is 0 Å². The van der Waals surface area contributed by atoms with E-state index in [0.717, 1.165) is 25.7 Å². The number of rotatable bonds is 6. The van der Waals surface area contributed by atoms with Crippen molar-refractivity contribution in [3.63, 3.8) is 0 Å². The van der Waals surface area contributed by atoms with E-state index >= 15 is 0 Å². The Labute approximate surface area is 113 Å². The first-order chi connectivity index (χ1) is 8.51. The third-order valence-electron chi connectivity index (χ3n) is 2.83. The summed E-state index contributed by atoms with van der Waals surface area (Å²) in [6.45, 7) is 1.93. The molecule has 0 aromatic rings. The molecule has 1 N–H and O–H groups in total. The van der Waals surface area contributed by atoms with Crippen LogP contribution in [0.2, 0.25) is 0 Å². The lowest BCUT2D eigenvalue weighted by atomic mass is 10.2. The van der Waals surface area contributed by atoms with E-state index in [9.17, 15) is 13.2 Å². The SMILES string of the molecule is CCOC(=O)NS(=O)(=O)N(CCCl)C1CCCC1. The molecule has 1 aliphatic carbocycles. The van der Waals surface area contributed by atoms with Gasteiger partial charge in [0.05, 0.1) is 6.61 Å². The Kier molecular flexibility index (Phi) is 6.17. The van der Waals surface area contributed by atoms with Gasteiger partial charge in [0.15, 0.2) is 0 Å². The summed E-state index contributed by atoms with van der Waals surface area (Å²) >= 11 is 5.63. The Morgan fingerprint density at radius 2 is 2.06 bits per heavy atom. The molecule has 1 amide bonds. The predicted octanol–water partition coefficient (Wildman–Crippen LogP) is 1.46. The van der Waals surface area contributed by atoms with Crippen molar-refractivity contribution in [1.82, 2.24) is 9.03 Å². The Bertz CT molecular complexity index is 368. The van der Waals surface area contributed by atoms with E-state index < -0.39 is 16.3 Å². The van der Waals surface area contributed by atoms with Crippen LogP contribution in [0.15, 0.2) is 0 Å². The van der Waals surface area contributed by atoms with Gasteiger partial charge in [-0.1, -0.05) is 12.8 Å². The Hall–Kier alpha value is -0.530. The van der Waals surface area contributed by atoms with E-state index in [1.165, 1.54) is 4.31 Å². The van der Waals surface area contributed by atoms with Crippen molar-refractivity contribution >= 4 is 27.9 Å². The number of nitrogens with zero attached hydrogens (tertiary/aromatic N) is 1. The van der Waals surface area contributed by atoms with Crippen LogP contribution in [0.5, 0.6) is 0 Å². The number of alkyl halides is 1. The van der Waals surface area contributed by atoms with Crippen LogP contribution in [0.3, 0.4) is 0 Å². The van der Waals surface area contributed by atoms with Crippen molar-refractivity contribution in [2.75, 3.05) is 19.0 Å². The molecule has 8 heteroatoms. The van der Waals surface area contributed by atoms with Gasteiger partial charge in [-0.2, -0.15) is 12.7 Å². The van der Waals surface area contributed by atoms with E-state index in [1.807, 2.05) is 4.72 Å². The van der Waals surface area contributed by atoms with E-state index in [-0.39, 0.29) is 25.1 Å². The summed E-state index contributed by atoms with van der Waals surface area (Å²) in [5.41, 5.74) is 0. The molecule has 0 unspecified atom stereocenters. The van der Waals surface area contributed by atoms with Gasteiger partial charge >= 0.3 is 16.3 Å². The van der Waals surface area contributed by atoms with Crippen LogP contribution >= 0.6 is 11.6 Å². The fourth-order valence-corrected chi connectivity index (χ4v) is 3.70. The summed E-state index contributed by atoms with van der Waals surface area (Å²) in [5, 5.41) is 0. The van der Waals surface area contributed by atoms with Gasteiger partial charge in [0.1, 0.15) is 0 Å². The first kappa shape index (κ1) is 15.5. The van der Waals surface area contributed by atoms with Crippen molar-refractivity contribution in [2.24, 2.45) is 0 Å². The summed E-state index contributed by atoms with van der Waals surface area (Å²) in [6, 6.07) is -0.0734. The standard InChI is InChI=1S/C10H19ClN2O4S/c1-2-17-10(14)12-18(15,16)13(8-7-11)9-5-3-4-6-9/h9H,2-8H2,1H3,(H,12,14). The van der Waals surface area contributed by atoms with Crippen LogP contribution in [0.1, 0.15) is 32.6 Å². The molecule has 0 atom stereocenters. The molecule has 18 heavy (non-hydrogen) atoms. The second kappa shape index (κ2) is 7.16. The number of hydrogen-bond donors (Lipinski definition) is 1. The summed E-state index contributed by atoms with van der Waals surface area (Å²) < 4.78 is 31.8. The van der Waals surface area contributed by atoms with Crippen LogP contribution in [0.25, 0.3) is 0 Å². The van der Waals surface area contributed by atoms with Crippen molar-refractivity contribution in [1.29, 1.82) is 0 Å². The smallest absolute Gasteiger partial charge is 0.421 e. The van der Waals surface area contributed by atoms with Crippen LogP contribution in [-0.2, 0) is 14.9 Å².